The van der Waals surface area contributed by atoms with E-state index in [0.717, 1.165) is 55.3 Å². The van der Waals surface area contributed by atoms with E-state index >= 15 is 0 Å². The van der Waals surface area contributed by atoms with E-state index in [9.17, 15) is 0 Å². The molecule has 120 valence electrons. The molecule has 0 saturated carbocycles. The molecule has 3 aromatic rings. The Balaban J connectivity index is 1.53. The first-order chi connectivity index (χ1) is 11.3. The van der Waals surface area contributed by atoms with Gasteiger partial charge in [0.25, 0.3) is 0 Å². The van der Waals surface area contributed by atoms with Crippen LogP contribution in [0, 0.1) is 6.92 Å². The first kappa shape index (κ1) is 14.5. The number of para-hydroxylation sites is 1. The van der Waals surface area contributed by atoms with Gasteiger partial charge < -0.3 is 14.3 Å². The summed E-state index contributed by atoms with van der Waals surface area (Å²) < 4.78 is 8.22. The second-order valence-corrected chi connectivity index (χ2v) is 6.24. The molecule has 0 aliphatic carbocycles. The van der Waals surface area contributed by atoms with Gasteiger partial charge >= 0.3 is 0 Å². The Labute approximate surface area is 135 Å². The summed E-state index contributed by atoms with van der Waals surface area (Å²) in [6.45, 7) is 5.97. The predicted octanol–water partition coefficient (Wildman–Crippen LogP) is 3.00. The third-order valence-electron chi connectivity index (χ3n) is 4.80. The Morgan fingerprint density at radius 1 is 1.30 bits per heavy atom. The molecule has 0 radical (unpaired) electrons. The van der Waals surface area contributed by atoms with Crippen molar-refractivity contribution in [2.75, 3.05) is 0 Å². The van der Waals surface area contributed by atoms with Crippen molar-refractivity contribution >= 4 is 11.0 Å². The monoisotopic (exact) mass is 310 g/mol. The molecular weight excluding hydrogens is 288 g/mol. The minimum atomic E-state index is 0.454. The Hall–Kier alpha value is -2.14. The first-order valence-electron chi connectivity index (χ1n) is 8.37. The summed E-state index contributed by atoms with van der Waals surface area (Å²) in [6.07, 6.45) is 3.02. The SMILES string of the molecule is CCc1oc2ccccc2c1CN[C@@H]1CCc2nnc(C)n2C1. The maximum Gasteiger partial charge on any atom is 0.134 e. The van der Waals surface area contributed by atoms with Gasteiger partial charge in [-0.1, -0.05) is 25.1 Å². The Kier molecular flexibility index (Phi) is 3.65. The third-order valence-corrected chi connectivity index (χ3v) is 4.80. The number of hydrogen-bond acceptors (Lipinski definition) is 4. The van der Waals surface area contributed by atoms with E-state index in [-0.39, 0.29) is 0 Å². The van der Waals surface area contributed by atoms with Gasteiger partial charge in [-0.15, -0.1) is 10.2 Å². The van der Waals surface area contributed by atoms with Crippen molar-refractivity contribution in [1.82, 2.24) is 20.1 Å². The van der Waals surface area contributed by atoms with E-state index in [2.05, 4.69) is 39.1 Å². The topological polar surface area (TPSA) is 55.9 Å². The maximum atomic E-state index is 5.99. The lowest BCUT2D eigenvalue weighted by atomic mass is 10.1. The van der Waals surface area contributed by atoms with Crippen LogP contribution in [0.5, 0.6) is 0 Å². The fraction of sp³-hybridized carbons (Fsp3) is 0.444. The Bertz CT molecular complexity index is 833. The van der Waals surface area contributed by atoms with Crippen molar-refractivity contribution < 1.29 is 4.42 Å². The van der Waals surface area contributed by atoms with Gasteiger partial charge in [0.05, 0.1) is 0 Å². The van der Waals surface area contributed by atoms with Gasteiger partial charge in [-0.05, 0) is 19.4 Å². The number of hydrogen-bond donors (Lipinski definition) is 1. The van der Waals surface area contributed by atoms with Crippen molar-refractivity contribution in [3.8, 4) is 0 Å². The molecule has 0 amide bonds. The first-order valence-corrected chi connectivity index (χ1v) is 8.37. The zero-order valence-electron chi connectivity index (χ0n) is 13.7. The van der Waals surface area contributed by atoms with Crippen molar-refractivity contribution in [3.05, 3.63) is 47.2 Å². The minimum absolute atomic E-state index is 0.454. The highest BCUT2D eigenvalue weighted by molar-refractivity contribution is 5.82. The van der Waals surface area contributed by atoms with Crippen molar-refractivity contribution in [3.63, 3.8) is 0 Å². The molecule has 1 N–H and O–H groups in total. The van der Waals surface area contributed by atoms with E-state index in [1.165, 1.54) is 10.9 Å². The van der Waals surface area contributed by atoms with Gasteiger partial charge in [-0.2, -0.15) is 0 Å². The molecule has 0 bridgehead atoms. The van der Waals surface area contributed by atoms with Crippen LogP contribution in [0.1, 0.15) is 36.3 Å². The molecule has 1 atom stereocenters. The summed E-state index contributed by atoms with van der Waals surface area (Å²) in [6, 6.07) is 8.76. The second-order valence-electron chi connectivity index (χ2n) is 6.24. The average molecular weight is 310 g/mol. The summed E-state index contributed by atoms with van der Waals surface area (Å²) in [5.74, 6) is 3.22. The van der Waals surface area contributed by atoms with Crippen LogP contribution in [0.15, 0.2) is 28.7 Å². The highest BCUT2D eigenvalue weighted by Crippen LogP contribution is 2.26. The van der Waals surface area contributed by atoms with Gasteiger partial charge in [-0.25, -0.2) is 0 Å². The zero-order chi connectivity index (χ0) is 15.8. The molecule has 5 nitrogen and oxygen atoms in total. The second kappa shape index (κ2) is 5.81. The molecule has 5 heteroatoms. The third kappa shape index (κ3) is 2.55. The minimum Gasteiger partial charge on any atom is -0.461 e. The number of nitrogens with one attached hydrogen (secondary N) is 1. The lowest BCUT2D eigenvalue weighted by molar-refractivity contribution is 0.374. The van der Waals surface area contributed by atoms with Crippen LogP contribution >= 0.6 is 0 Å². The van der Waals surface area contributed by atoms with Crippen molar-refractivity contribution in [2.45, 2.75) is 52.2 Å². The van der Waals surface area contributed by atoms with Crippen LogP contribution in [-0.4, -0.2) is 20.8 Å². The molecule has 1 aliphatic rings. The summed E-state index contributed by atoms with van der Waals surface area (Å²) >= 11 is 0. The van der Waals surface area contributed by atoms with Crippen LogP contribution < -0.4 is 5.32 Å². The molecule has 0 spiro atoms. The number of aromatic nitrogens is 3. The maximum absolute atomic E-state index is 5.99. The van der Waals surface area contributed by atoms with E-state index in [1.807, 2.05) is 19.1 Å². The van der Waals surface area contributed by atoms with E-state index in [0.29, 0.717) is 6.04 Å². The lowest BCUT2D eigenvalue weighted by Crippen LogP contribution is -2.37. The Morgan fingerprint density at radius 3 is 3.04 bits per heavy atom. The lowest BCUT2D eigenvalue weighted by Gasteiger charge is -2.25. The summed E-state index contributed by atoms with van der Waals surface area (Å²) in [5, 5.41) is 13.4. The highest BCUT2D eigenvalue weighted by Gasteiger charge is 2.22. The smallest absolute Gasteiger partial charge is 0.134 e. The molecule has 0 unspecified atom stereocenters. The van der Waals surface area contributed by atoms with Crippen LogP contribution in [0.3, 0.4) is 0 Å². The van der Waals surface area contributed by atoms with E-state index < -0.39 is 0 Å². The predicted molar refractivity (Wildman–Crippen MR) is 89.3 cm³/mol. The molecule has 0 saturated heterocycles. The molecule has 2 aromatic heterocycles. The quantitative estimate of drug-likeness (QED) is 0.805. The fourth-order valence-electron chi connectivity index (χ4n) is 3.50. The van der Waals surface area contributed by atoms with Gasteiger partial charge in [0, 0.05) is 42.9 Å². The van der Waals surface area contributed by atoms with Gasteiger partial charge in [-0.3, -0.25) is 0 Å². The van der Waals surface area contributed by atoms with Crippen LogP contribution in [0.2, 0.25) is 0 Å². The van der Waals surface area contributed by atoms with Crippen LogP contribution in [0.25, 0.3) is 11.0 Å². The molecule has 1 aliphatic heterocycles. The molecule has 23 heavy (non-hydrogen) atoms. The number of aryl methyl sites for hydroxylation is 3. The number of fused-ring (bicyclic) bond motifs is 2. The molecule has 0 fully saturated rings. The van der Waals surface area contributed by atoms with Gasteiger partial charge in [0.2, 0.25) is 0 Å². The standard InChI is InChI=1S/C18H22N4O/c1-3-16-15(14-6-4-5-7-17(14)23-16)10-19-13-8-9-18-21-20-12(2)22(18)11-13/h4-7,13,19H,3,8-11H2,1-2H3/t13-/m1/s1. The zero-order valence-corrected chi connectivity index (χ0v) is 13.7. The van der Waals surface area contributed by atoms with Gasteiger partial charge in [0.15, 0.2) is 0 Å². The van der Waals surface area contributed by atoms with E-state index in [4.69, 9.17) is 4.42 Å². The number of rotatable bonds is 4. The summed E-state index contributed by atoms with van der Waals surface area (Å²) in [7, 11) is 0. The van der Waals surface area contributed by atoms with Crippen molar-refractivity contribution in [2.24, 2.45) is 0 Å². The largest absolute Gasteiger partial charge is 0.461 e. The number of nitrogens with zero attached hydrogens (tertiary/aromatic N) is 3. The molecular formula is C18H22N4O. The molecule has 3 heterocycles. The summed E-state index contributed by atoms with van der Waals surface area (Å²) in [4.78, 5) is 0. The number of furan rings is 1. The fourth-order valence-corrected chi connectivity index (χ4v) is 3.50. The number of benzene rings is 1. The highest BCUT2D eigenvalue weighted by atomic mass is 16.3. The van der Waals surface area contributed by atoms with Crippen LogP contribution in [0.4, 0.5) is 0 Å². The van der Waals surface area contributed by atoms with Crippen molar-refractivity contribution in [1.29, 1.82) is 0 Å². The average Bonchev–Trinajstić information content (AvgIpc) is 3.13. The molecule has 1 aromatic carbocycles. The molecule has 4 rings (SSSR count). The van der Waals surface area contributed by atoms with E-state index in [1.54, 1.807) is 0 Å². The van der Waals surface area contributed by atoms with Crippen LogP contribution in [-0.2, 0) is 25.9 Å². The Morgan fingerprint density at radius 2 is 2.17 bits per heavy atom. The summed E-state index contributed by atoms with van der Waals surface area (Å²) in [5.41, 5.74) is 2.29. The normalized spacial score (nSPS) is 17.6. The van der Waals surface area contributed by atoms with Gasteiger partial charge in [0.1, 0.15) is 23.0 Å².